The van der Waals surface area contributed by atoms with E-state index in [9.17, 15) is 33.6 Å². The number of rotatable bonds is 17. The first-order chi connectivity index (χ1) is 18.9. The van der Waals surface area contributed by atoms with E-state index >= 15 is 0 Å². The Morgan fingerprint density at radius 3 is 1.61 bits per heavy atom. The Kier molecular flexibility index (Phi) is 16.2. The maximum Gasteiger partial charge on any atom is 0.326 e. The third kappa shape index (κ3) is 14.4. The molecule has 5 atom stereocenters. The number of carbonyl (C=O) groups excluding carboxylic acids is 6. The fourth-order valence-corrected chi connectivity index (χ4v) is 3.46. The van der Waals surface area contributed by atoms with Crippen LogP contribution >= 0.6 is 0 Å². The van der Waals surface area contributed by atoms with Crippen molar-refractivity contribution in [2.75, 3.05) is 13.1 Å². The monoisotopic (exact) mass is 585 g/mol. The number of carboxylic acids is 1. The van der Waals surface area contributed by atoms with Crippen LogP contribution in [0.1, 0.15) is 61.8 Å². The van der Waals surface area contributed by atoms with Crippen molar-refractivity contribution in [1.29, 1.82) is 0 Å². The van der Waals surface area contributed by atoms with Crippen LogP contribution in [-0.2, 0) is 33.6 Å². The molecule has 0 spiro atoms. The minimum absolute atomic E-state index is 0.00134. The van der Waals surface area contributed by atoms with E-state index in [-0.39, 0.29) is 18.3 Å². The Hall–Kier alpha value is -3.75. The van der Waals surface area contributed by atoms with Gasteiger partial charge in [-0.1, -0.05) is 41.5 Å². The van der Waals surface area contributed by atoms with Gasteiger partial charge in [0.05, 0.1) is 19.1 Å². The summed E-state index contributed by atoms with van der Waals surface area (Å²) in [6, 6.07) is -4.95. The average Bonchev–Trinajstić information content (AvgIpc) is 2.85. The van der Waals surface area contributed by atoms with Crippen LogP contribution < -0.4 is 37.6 Å². The van der Waals surface area contributed by atoms with Gasteiger partial charge in [0.1, 0.15) is 24.2 Å². The number of nitrogens with one attached hydrogen (secondary N) is 6. The van der Waals surface area contributed by atoms with E-state index in [4.69, 9.17) is 10.8 Å². The lowest BCUT2D eigenvalue weighted by molar-refractivity contribution is -0.143. The van der Waals surface area contributed by atoms with E-state index in [1.807, 2.05) is 13.8 Å². The van der Waals surface area contributed by atoms with Crippen molar-refractivity contribution in [2.45, 2.75) is 92.0 Å². The summed E-state index contributed by atoms with van der Waals surface area (Å²) in [5.74, 6) is -5.78. The topological polar surface area (TPSA) is 238 Å². The molecule has 234 valence electrons. The molecule has 0 saturated heterocycles. The number of hydrogen-bond donors (Lipinski definition) is 8. The Morgan fingerprint density at radius 2 is 1.15 bits per heavy atom. The van der Waals surface area contributed by atoms with Gasteiger partial charge in [-0.15, -0.1) is 0 Å². The zero-order chi connectivity index (χ0) is 32.0. The molecule has 0 aliphatic rings. The molecule has 41 heavy (non-hydrogen) atoms. The van der Waals surface area contributed by atoms with E-state index in [1.165, 1.54) is 13.8 Å². The minimum atomic E-state index is -1.20. The number of carboxylic acid groups (broad SMARTS) is 1. The molecule has 0 bridgehead atoms. The van der Waals surface area contributed by atoms with Gasteiger partial charge in [-0.3, -0.25) is 28.8 Å². The molecule has 0 unspecified atom stereocenters. The molecule has 15 nitrogen and oxygen atoms in total. The van der Waals surface area contributed by atoms with Gasteiger partial charge in [0.25, 0.3) is 0 Å². The van der Waals surface area contributed by atoms with Crippen molar-refractivity contribution < 1.29 is 38.7 Å². The first-order valence-corrected chi connectivity index (χ1v) is 13.6. The lowest BCUT2D eigenvalue weighted by Crippen LogP contribution is -2.58. The molecule has 0 heterocycles. The summed E-state index contributed by atoms with van der Waals surface area (Å²) in [4.78, 5) is 85.7. The average molecular weight is 586 g/mol. The quantitative estimate of drug-likeness (QED) is 0.0937. The van der Waals surface area contributed by atoms with Gasteiger partial charge < -0.3 is 42.7 Å². The zero-order valence-corrected chi connectivity index (χ0v) is 25.1. The van der Waals surface area contributed by atoms with Crippen LogP contribution in [0.2, 0.25) is 0 Å². The van der Waals surface area contributed by atoms with Crippen LogP contribution in [0.25, 0.3) is 0 Å². The molecule has 0 rings (SSSR count). The smallest absolute Gasteiger partial charge is 0.326 e. The second kappa shape index (κ2) is 17.8. The molecule has 6 amide bonds. The first-order valence-electron chi connectivity index (χ1n) is 13.6. The molecule has 0 aromatic carbocycles. The highest BCUT2D eigenvalue weighted by Gasteiger charge is 2.31. The number of carbonyl (C=O) groups is 7. The van der Waals surface area contributed by atoms with Crippen molar-refractivity contribution >= 4 is 41.4 Å². The van der Waals surface area contributed by atoms with Gasteiger partial charge in [-0.2, -0.15) is 0 Å². The molecule has 0 fully saturated rings. The van der Waals surface area contributed by atoms with Crippen LogP contribution in [0.4, 0.5) is 0 Å². The first kappa shape index (κ1) is 37.2. The molecule has 0 aromatic heterocycles. The molecule has 9 N–H and O–H groups in total. The Bertz CT molecular complexity index is 952. The largest absolute Gasteiger partial charge is 0.480 e. The number of amides is 6. The standard InChI is InChI=1S/C26H47N7O8/c1-12(2)9-17(31-23(37)16(8)30-22(36)15(7)27)24(38)33-20(13(3)4)25(39)29-10-18(34)28-11-19(35)32-21(14(5)6)26(40)41/h12-17,20-21H,9-11,27H2,1-8H3,(H,28,34)(H,29,39)(H,30,36)(H,31,37)(H,32,35)(H,33,38)(H,40,41)/t15-,16-,17-,20-,21-/m0/s1. The third-order valence-electron chi connectivity index (χ3n) is 5.87. The highest BCUT2D eigenvalue weighted by molar-refractivity contribution is 5.95. The second-order valence-corrected chi connectivity index (χ2v) is 11.1. The fourth-order valence-electron chi connectivity index (χ4n) is 3.46. The lowest BCUT2D eigenvalue weighted by Gasteiger charge is -2.27. The van der Waals surface area contributed by atoms with Gasteiger partial charge >= 0.3 is 5.97 Å². The van der Waals surface area contributed by atoms with Gasteiger partial charge in [-0.25, -0.2) is 4.79 Å². The summed E-state index contributed by atoms with van der Waals surface area (Å²) >= 11 is 0. The molecule has 15 heteroatoms. The Balaban J connectivity index is 5.14. The SMILES string of the molecule is CC(C)C[C@H](NC(=O)[C@H](C)NC(=O)[C@H](C)N)C(=O)N[C@H](C(=O)NCC(=O)NCC(=O)N[C@H](C(=O)O)C(C)C)C(C)C. The van der Waals surface area contributed by atoms with Crippen molar-refractivity contribution in [2.24, 2.45) is 23.5 Å². The summed E-state index contributed by atoms with van der Waals surface area (Å²) in [6.45, 7) is 12.3. The maximum atomic E-state index is 13.1. The molecular weight excluding hydrogens is 538 g/mol. The van der Waals surface area contributed by atoms with Crippen molar-refractivity contribution in [3.05, 3.63) is 0 Å². The van der Waals surface area contributed by atoms with E-state index < -0.39 is 90.6 Å². The third-order valence-corrected chi connectivity index (χ3v) is 5.87. The highest BCUT2D eigenvalue weighted by atomic mass is 16.4. The van der Waals surface area contributed by atoms with Gasteiger partial charge in [0, 0.05) is 0 Å². The lowest BCUT2D eigenvalue weighted by atomic mass is 9.99. The molecule has 0 aliphatic heterocycles. The van der Waals surface area contributed by atoms with Crippen LogP contribution in [0.3, 0.4) is 0 Å². The van der Waals surface area contributed by atoms with Crippen molar-refractivity contribution in [1.82, 2.24) is 31.9 Å². The van der Waals surface area contributed by atoms with Crippen LogP contribution in [0.15, 0.2) is 0 Å². The summed E-state index contributed by atoms with van der Waals surface area (Å²) in [7, 11) is 0. The fraction of sp³-hybridized carbons (Fsp3) is 0.731. The molecular formula is C26H47N7O8. The summed E-state index contributed by atoms with van der Waals surface area (Å²) in [6.07, 6.45) is 0.252. The van der Waals surface area contributed by atoms with E-state index in [1.54, 1.807) is 27.7 Å². The summed E-state index contributed by atoms with van der Waals surface area (Å²) in [5, 5.41) is 23.8. The van der Waals surface area contributed by atoms with Gasteiger partial charge in [-0.05, 0) is 38.0 Å². The Morgan fingerprint density at radius 1 is 0.610 bits per heavy atom. The number of aliphatic carboxylic acids is 1. The van der Waals surface area contributed by atoms with Crippen molar-refractivity contribution in [3.8, 4) is 0 Å². The molecule has 0 aliphatic carbocycles. The van der Waals surface area contributed by atoms with E-state index in [0.717, 1.165) is 0 Å². The minimum Gasteiger partial charge on any atom is -0.480 e. The zero-order valence-electron chi connectivity index (χ0n) is 25.1. The van der Waals surface area contributed by atoms with Crippen LogP contribution in [0.5, 0.6) is 0 Å². The maximum absolute atomic E-state index is 13.1. The number of nitrogens with two attached hydrogens (primary N) is 1. The molecule has 0 saturated carbocycles. The van der Waals surface area contributed by atoms with Gasteiger partial charge in [0.2, 0.25) is 35.4 Å². The molecule has 0 aromatic rings. The van der Waals surface area contributed by atoms with E-state index in [2.05, 4.69) is 31.9 Å². The van der Waals surface area contributed by atoms with E-state index in [0.29, 0.717) is 0 Å². The summed E-state index contributed by atoms with van der Waals surface area (Å²) < 4.78 is 0. The van der Waals surface area contributed by atoms with Gasteiger partial charge in [0.15, 0.2) is 0 Å². The number of hydrogen-bond acceptors (Lipinski definition) is 8. The summed E-state index contributed by atoms with van der Waals surface area (Å²) in [5.41, 5.74) is 5.51. The van der Waals surface area contributed by atoms with Crippen LogP contribution in [-0.4, -0.2) is 89.8 Å². The molecule has 0 radical (unpaired) electrons. The Labute approximate surface area is 240 Å². The van der Waals surface area contributed by atoms with Crippen LogP contribution in [0, 0.1) is 17.8 Å². The predicted octanol–water partition coefficient (Wildman–Crippen LogP) is -2.03. The van der Waals surface area contributed by atoms with Crippen molar-refractivity contribution in [3.63, 3.8) is 0 Å². The predicted molar refractivity (Wildman–Crippen MR) is 150 cm³/mol. The normalized spacial score (nSPS) is 14.7. The highest BCUT2D eigenvalue weighted by Crippen LogP contribution is 2.08. The second-order valence-electron chi connectivity index (χ2n) is 11.1.